The number of nitrogens with zero attached hydrogens (tertiary/aromatic N) is 4. The van der Waals surface area contributed by atoms with E-state index in [1.54, 1.807) is 0 Å². The molecule has 2 aromatic heterocycles. The van der Waals surface area contributed by atoms with E-state index in [0.717, 1.165) is 72.6 Å². The number of hydrogen-bond acceptors (Lipinski definition) is 3. The first-order valence-corrected chi connectivity index (χ1v) is 22.4. The van der Waals surface area contributed by atoms with Crippen molar-refractivity contribution in [2.24, 2.45) is 0 Å². The van der Waals surface area contributed by atoms with Gasteiger partial charge in [-0.2, -0.15) is 0 Å². The van der Waals surface area contributed by atoms with Gasteiger partial charge in [0.1, 0.15) is 0 Å². The van der Waals surface area contributed by atoms with Gasteiger partial charge in [-0.3, -0.25) is 0 Å². The zero-order chi connectivity index (χ0) is 43.8. The highest BCUT2D eigenvalue weighted by atomic mass is 15.1. The molecule has 2 heterocycles. The Balaban J connectivity index is 0.914. The van der Waals surface area contributed by atoms with Crippen molar-refractivity contribution in [1.82, 2.24) is 14.5 Å². The molecular weight excluding hydrogens is 801 g/mol. The number of aromatic nitrogens is 3. The van der Waals surface area contributed by atoms with Gasteiger partial charge in [0.15, 0.2) is 5.82 Å². The maximum absolute atomic E-state index is 5.27. The minimum Gasteiger partial charge on any atom is -0.311 e. The molecule has 66 heavy (non-hydrogen) atoms. The maximum Gasteiger partial charge on any atom is 0.160 e. The summed E-state index contributed by atoms with van der Waals surface area (Å²) in [5.41, 5.74) is 17.5. The smallest absolute Gasteiger partial charge is 0.160 e. The van der Waals surface area contributed by atoms with Crippen molar-refractivity contribution in [2.45, 2.75) is 0 Å². The van der Waals surface area contributed by atoms with E-state index in [4.69, 9.17) is 9.97 Å². The third-order valence-electron chi connectivity index (χ3n) is 12.6. The molecule has 0 N–H and O–H groups in total. The Hall–Kier alpha value is -8.86. The van der Waals surface area contributed by atoms with Crippen LogP contribution in [0.1, 0.15) is 0 Å². The Morgan fingerprint density at radius 1 is 0.288 bits per heavy atom. The molecule has 0 aliphatic heterocycles. The van der Waals surface area contributed by atoms with E-state index in [-0.39, 0.29) is 0 Å². The van der Waals surface area contributed by atoms with Crippen LogP contribution in [0.15, 0.2) is 255 Å². The van der Waals surface area contributed by atoms with E-state index in [2.05, 4.69) is 252 Å². The summed E-state index contributed by atoms with van der Waals surface area (Å²) in [5.74, 6) is 0.699. The molecule has 0 saturated heterocycles. The van der Waals surface area contributed by atoms with Crippen molar-refractivity contribution in [3.63, 3.8) is 0 Å². The number of rotatable bonds is 9. The molecule has 0 bridgehead atoms. The molecular formula is C62H42N4. The van der Waals surface area contributed by atoms with E-state index >= 15 is 0 Å². The van der Waals surface area contributed by atoms with Gasteiger partial charge in [0.25, 0.3) is 0 Å². The summed E-state index contributed by atoms with van der Waals surface area (Å²) in [5, 5.41) is 3.46. The second-order valence-electron chi connectivity index (χ2n) is 16.6. The first kappa shape index (κ1) is 38.8. The third kappa shape index (κ3) is 7.17. The molecule has 0 unspecified atom stereocenters. The topological polar surface area (TPSA) is 34.0 Å². The van der Waals surface area contributed by atoms with Gasteiger partial charge < -0.3 is 9.47 Å². The van der Waals surface area contributed by atoms with Crippen molar-refractivity contribution in [3.05, 3.63) is 255 Å². The predicted molar refractivity (Wildman–Crippen MR) is 276 cm³/mol. The van der Waals surface area contributed by atoms with Crippen LogP contribution in [0.2, 0.25) is 0 Å². The van der Waals surface area contributed by atoms with E-state index in [1.165, 1.54) is 33.0 Å². The number of fused-ring (bicyclic) bond motifs is 4. The fourth-order valence-corrected chi connectivity index (χ4v) is 9.35. The summed E-state index contributed by atoms with van der Waals surface area (Å²) in [6, 6.07) is 90.5. The van der Waals surface area contributed by atoms with Crippen molar-refractivity contribution in [3.8, 4) is 61.7 Å². The monoisotopic (exact) mass is 842 g/mol. The average molecular weight is 843 g/mol. The Labute approximate surface area is 384 Å². The van der Waals surface area contributed by atoms with Crippen LogP contribution in [0.4, 0.5) is 17.1 Å². The molecule has 12 aromatic rings. The van der Waals surface area contributed by atoms with Crippen molar-refractivity contribution < 1.29 is 0 Å². The second-order valence-corrected chi connectivity index (χ2v) is 16.6. The van der Waals surface area contributed by atoms with Crippen LogP contribution in [-0.2, 0) is 0 Å². The lowest BCUT2D eigenvalue weighted by molar-refractivity contribution is 1.17. The highest BCUT2D eigenvalue weighted by molar-refractivity contribution is 6.10. The van der Waals surface area contributed by atoms with Crippen molar-refractivity contribution in [1.29, 1.82) is 0 Å². The summed E-state index contributed by atoms with van der Waals surface area (Å²) in [6.45, 7) is 0. The van der Waals surface area contributed by atoms with Crippen LogP contribution < -0.4 is 4.90 Å². The fraction of sp³-hybridized carbons (Fsp3) is 0. The minimum absolute atomic E-state index is 0.699. The van der Waals surface area contributed by atoms with Gasteiger partial charge in [-0.05, 0) is 106 Å². The zero-order valence-corrected chi connectivity index (χ0v) is 36.0. The third-order valence-corrected chi connectivity index (χ3v) is 12.6. The average Bonchev–Trinajstić information content (AvgIpc) is 3.73. The fourth-order valence-electron chi connectivity index (χ4n) is 9.35. The van der Waals surface area contributed by atoms with Crippen LogP contribution in [0.5, 0.6) is 0 Å². The molecule has 310 valence electrons. The summed E-state index contributed by atoms with van der Waals surface area (Å²) in [7, 11) is 0. The SMILES string of the molecule is c1ccc(-c2ccc(-c3nc(-c4cccc(-c5ccc6c7ccccc7n(-c7ccc(N(c8ccccc8)c8ccc(-c9ccccc9)cc8)cc7)c6c5)c4)nc4ccccc34)cc2)cc1. The van der Waals surface area contributed by atoms with E-state index in [0.29, 0.717) is 5.82 Å². The van der Waals surface area contributed by atoms with Gasteiger partial charge in [0.05, 0.1) is 22.2 Å². The lowest BCUT2D eigenvalue weighted by Gasteiger charge is -2.26. The van der Waals surface area contributed by atoms with E-state index < -0.39 is 0 Å². The maximum atomic E-state index is 5.27. The van der Waals surface area contributed by atoms with Crippen molar-refractivity contribution in [2.75, 3.05) is 4.90 Å². The van der Waals surface area contributed by atoms with Crippen LogP contribution in [0.25, 0.3) is 94.4 Å². The first-order valence-electron chi connectivity index (χ1n) is 22.4. The molecule has 4 heteroatoms. The molecule has 10 aromatic carbocycles. The number of hydrogen-bond donors (Lipinski definition) is 0. The number of anilines is 3. The molecule has 0 atom stereocenters. The van der Waals surface area contributed by atoms with Gasteiger partial charge >= 0.3 is 0 Å². The molecule has 0 aliphatic carbocycles. The van der Waals surface area contributed by atoms with Crippen LogP contribution in [-0.4, -0.2) is 14.5 Å². The Morgan fingerprint density at radius 2 is 0.758 bits per heavy atom. The minimum atomic E-state index is 0.699. The number of benzene rings is 10. The van der Waals surface area contributed by atoms with Crippen LogP contribution in [0.3, 0.4) is 0 Å². The van der Waals surface area contributed by atoms with Crippen LogP contribution >= 0.6 is 0 Å². The summed E-state index contributed by atoms with van der Waals surface area (Å²) < 4.78 is 2.39. The van der Waals surface area contributed by atoms with E-state index in [1.807, 2.05) is 12.1 Å². The standard InChI is InChI=1S/C62H42N4/c1-4-15-43(16-5-1)45-27-29-47(30-28-45)61-57-24-10-12-25-58(57)63-62(64-61)50-20-14-19-48(41-50)49-33-40-56-55-23-11-13-26-59(55)66(60(56)42-49)54-38-36-53(37-39-54)65(51-21-8-3-9-22-51)52-34-31-46(32-35-52)44-17-6-2-7-18-44/h1-42H. The van der Waals surface area contributed by atoms with Gasteiger partial charge in [-0.25, -0.2) is 9.97 Å². The quantitative estimate of drug-likeness (QED) is 0.145. The highest BCUT2D eigenvalue weighted by Crippen LogP contribution is 2.39. The first-order chi connectivity index (χ1) is 32.7. The normalized spacial score (nSPS) is 11.3. The molecule has 0 spiro atoms. The highest BCUT2D eigenvalue weighted by Gasteiger charge is 2.18. The summed E-state index contributed by atoms with van der Waals surface area (Å²) in [6.07, 6.45) is 0. The van der Waals surface area contributed by atoms with Gasteiger partial charge in [0, 0.05) is 50.0 Å². The summed E-state index contributed by atoms with van der Waals surface area (Å²) >= 11 is 0. The van der Waals surface area contributed by atoms with Gasteiger partial charge in [0.2, 0.25) is 0 Å². The van der Waals surface area contributed by atoms with Crippen molar-refractivity contribution >= 4 is 49.8 Å². The predicted octanol–water partition coefficient (Wildman–Crippen LogP) is 16.5. The Morgan fingerprint density at radius 3 is 1.45 bits per heavy atom. The lowest BCUT2D eigenvalue weighted by atomic mass is 9.99. The van der Waals surface area contributed by atoms with Gasteiger partial charge in [-0.15, -0.1) is 0 Å². The van der Waals surface area contributed by atoms with E-state index in [9.17, 15) is 0 Å². The molecule has 12 rings (SSSR count). The van der Waals surface area contributed by atoms with Gasteiger partial charge in [-0.1, -0.05) is 182 Å². The Bertz CT molecular complexity index is 3660. The second kappa shape index (κ2) is 16.7. The largest absolute Gasteiger partial charge is 0.311 e. The lowest BCUT2D eigenvalue weighted by Crippen LogP contribution is -2.10. The molecule has 0 fully saturated rings. The summed E-state index contributed by atoms with van der Waals surface area (Å²) in [4.78, 5) is 12.7. The molecule has 4 nitrogen and oxygen atoms in total. The molecule has 0 radical (unpaired) electrons. The van der Waals surface area contributed by atoms with Crippen LogP contribution in [0, 0.1) is 0 Å². The Kier molecular flexibility index (Phi) is 9.81. The zero-order valence-electron chi connectivity index (χ0n) is 36.0. The molecule has 0 amide bonds. The number of para-hydroxylation sites is 3. The molecule has 0 aliphatic rings. The molecule has 0 saturated carbocycles.